The molecule has 0 saturated heterocycles. The molecule has 1 atom stereocenters. The number of unbranched alkanes of at least 4 members (excludes halogenated alkanes) is 7. The van der Waals surface area contributed by atoms with E-state index in [1.165, 1.54) is 51.4 Å². The summed E-state index contributed by atoms with van der Waals surface area (Å²) in [5.74, 6) is -0.0241. The first-order chi connectivity index (χ1) is 9.79. The summed E-state index contributed by atoms with van der Waals surface area (Å²) in [6.45, 7) is 4.43. The maximum absolute atomic E-state index is 13.6. The minimum absolute atomic E-state index is 0.242. The van der Waals surface area contributed by atoms with Gasteiger partial charge in [-0.3, -0.25) is 0 Å². The standard InChI is InChI=1S/C17H30FNO/c1-3-5-7-8-9-11-13-15(12-10-6-4-2)17-16(18)14-20-19-17/h14-15H,3-13H2,1-2H3. The summed E-state index contributed by atoms with van der Waals surface area (Å²) >= 11 is 0. The molecular weight excluding hydrogens is 253 g/mol. The fourth-order valence-corrected chi connectivity index (χ4v) is 2.73. The minimum atomic E-state index is -0.266. The first-order valence-electron chi connectivity index (χ1n) is 8.39. The molecule has 0 aliphatic carbocycles. The van der Waals surface area contributed by atoms with Crippen LogP contribution in [0.1, 0.15) is 96.1 Å². The predicted octanol–water partition coefficient (Wildman–Crippen LogP) is 6.23. The second kappa shape index (κ2) is 10.9. The van der Waals surface area contributed by atoms with E-state index in [1.807, 2.05) is 0 Å². The van der Waals surface area contributed by atoms with Crippen molar-refractivity contribution in [2.24, 2.45) is 0 Å². The van der Waals surface area contributed by atoms with Crippen molar-refractivity contribution in [2.45, 2.75) is 90.4 Å². The van der Waals surface area contributed by atoms with Gasteiger partial charge in [0.25, 0.3) is 0 Å². The van der Waals surface area contributed by atoms with Gasteiger partial charge in [-0.15, -0.1) is 0 Å². The molecule has 2 nitrogen and oxygen atoms in total. The molecule has 1 aromatic rings. The lowest BCUT2D eigenvalue weighted by Crippen LogP contribution is -2.02. The van der Waals surface area contributed by atoms with Gasteiger partial charge in [-0.2, -0.15) is 0 Å². The Labute approximate surface area is 123 Å². The highest BCUT2D eigenvalue weighted by Crippen LogP contribution is 2.29. The van der Waals surface area contributed by atoms with Crippen molar-refractivity contribution in [1.82, 2.24) is 5.16 Å². The Bertz CT molecular complexity index is 337. The average molecular weight is 283 g/mol. The number of rotatable bonds is 12. The van der Waals surface area contributed by atoms with Crippen LogP contribution in [0.5, 0.6) is 0 Å². The lowest BCUT2D eigenvalue weighted by atomic mass is 9.91. The molecule has 116 valence electrons. The van der Waals surface area contributed by atoms with Crippen LogP contribution in [-0.2, 0) is 0 Å². The van der Waals surface area contributed by atoms with Gasteiger partial charge in [0.1, 0.15) is 5.69 Å². The predicted molar refractivity (Wildman–Crippen MR) is 81.3 cm³/mol. The van der Waals surface area contributed by atoms with Gasteiger partial charge in [0.05, 0.1) is 0 Å². The van der Waals surface area contributed by atoms with Gasteiger partial charge in [0.15, 0.2) is 12.1 Å². The van der Waals surface area contributed by atoms with Gasteiger partial charge >= 0.3 is 0 Å². The van der Waals surface area contributed by atoms with E-state index in [4.69, 9.17) is 4.52 Å². The Balaban J connectivity index is 2.33. The zero-order chi connectivity index (χ0) is 14.6. The molecule has 0 aliphatic rings. The quantitative estimate of drug-likeness (QED) is 0.425. The minimum Gasteiger partial charge on any atom is -0.361 e. The van der Waals surface area contributed by atoms with E-state index < -0.39 is 0 Å². The zero-order valence-corrected chi connectivity index (χ0v) is 13.2. The van der Waals surface area contributed by atoms with E-state index in [0.717, 1.165) is 25.5 Å². The highest BCUT2D eigenvalue weighted by Gasteiger charge is 2.19. The summed E-state index contributed by atoms with van der Waals surface area (Å²) in [6, 6.07) is 0. The third-order valence-corrected chi connectivity index (χ3v) is 4.00. The lowest BCUT2D eigenvalue weighted by Gasteiger charge is -2.14. The maximum atomic E-state index is 13.6. The SMILES string of the molecule is CCCCCCCCC(CCCCC)c1nocc1F. The summed E-state index contributed by atoms with van der Waals surface area (Å²) in [7, 11) is 0. The van der Waals surface area contributed by atoms with Gasteiger partial charge in [-0.1, -0.05) is 76.8 Å². The first kappa shape index (κ1) is 17.2. The normalized spacial score (nSPS) is 12.8. The molecule has 0 saturated carbocycles. The van der Waals surface area contributed by atoms with Crippen LogP contribution in [0, 0.1) is 5.82 Å². The van der Waals surface area contributed by atoms with Crippen LogP contribution in [0.3, 0.4) is 0 Å². The topological polar surface area (TPSA) is 26.0 Å². The zero-order valence-electron chi connectivity index (χ0n) is 13.2. The van der Waals surface area contributed by atoms with E-state index in [2.05, 4.69) is 19.0 Å². The molecule has 1 rings (SSSR count). The molecule has 0 fully saturated rings. The van der Waals surface area contributed by atoms with Crippen molar-refractivity contribution in [3.8, 4) is 0 Å². The van der Waals surface area contributed by atoms with Crippen molar-refractivity contribution in [2.75, 3.05) is 0 Å². The molecule has 0 aromatic carbocycles. The highest BCUT2D eigenvalue weighted by atomic mass is 19.1. The second-order valence-electron chi connectivity index (χ2n) is 5.80. The van der Waals surface area contributed by atoms with Crippen LogP contribution in [0.4, 0.5) is 4.39 Å². The molecule has 0 bridgehead atoms. The third kappa shape index (κ3) is 6.53. The van der Waals surface area contributed by atoms with Crippen LogP contribution in [0.15, 0.2) is 10.8 Å². The summed E-state index contributed by atoms with van der Waals surface area (Å²) in [6.07, 6.45) is 14.4. The van der Waals surface area contributed by atoms with E-state index >= 15 is 0 Å². The maximum Gasteiger partial charge on any atom is 0.186 e. The van der Waals surface area contributed by atoms with Crippen molar-refractivity contribution >= 4 is 0 Å². The monoisotopic (exact) mass is 283 g/mol. The van der Waals surface area contributed by atoms with Crippen molar-refractivity contribution in [3.63, 3.8) is 0 Å². The smallest absolute Gasteiger partial charge is 0.186 e. The molecule has 0 amide bonds. The molecule has 0 spiro atoms. The van der Waals surface area contributed by atoms with Crippen LogP contribution >= 0.6 is 0 Å². The molecule has 1 aromatic heterocycles. The molecule has 0 radical (unpaired) electrons. The second-order valence-corrected chi connectivity index (χ2v) is 5.80. The Morgan fingerprint density at radius 1 is 0.950 bits per heavy atom. The van der Waals surface area contributed by atoms with E-state index in [-0.39, 0.29) is 11.7 Å². The van der Waals surface area contributed by atoms with E-state index in [1.54, 1.807) is 0 Å². The molecular formula is C17H30FNO. The largest absolute Gasteiger partial charge is 0.361 e. The Morgan fingerprint density at radius 3 is 2.10 bits per heavy atom. The lowest BCUT2D eigenvalue weighted by molar-refractivity contribution is 0.393. The van der Waals surface area contributed by atoms with Gasteiger partial charge in [0.2, 0.25) is 0 Å². The molecule has 1 heterocycles. The molecule has 1 unspecified atom stereocenters. The highest BCUT2D eigenvalue weighted by molar-refractivity contribution is 5.06. The number of halogens is 1. The summed E-state index contributed by atoms with van der Waals surface area (Å²) < 4.78 is 18.4. The summed E-state index contributed by atoms with van der Waals surface area (Å²) in [5, 5.41) is 3.87. The van der Waals surface area contributed by atoms with Crippen LogP contribution < -0.4 is 0 Å². The van der Waals surface area contributed by atoms with Crippen LogP contribution in [-0.4, -0.2) is 5.16 Å². The van der Waals surface area contributed by atoms with E-state index in [9.17, 15) is 4.39 Å². The van der Waals surface area contributed by atoms with Crippen molar-refractivity contribution < 1.29 is 8.91 Å². The van der Waals surface area contributed by atoms with Gasteiger partial charge in [-0.05, 0) is 12.8 Å². The fourth-order valence-electron chi connectivity index (χ4n) is 2.73. The summed E-state index contributed by atoms with van der Waals surface area (Å²) in [5.41, 5.74) is 0.551. The van der Waals surface area contributed by atoms with Crippen LogP contribution in [0.25, 0.3) is 0 Å². The number of hydrogen-bond donors (Lipinski definition) is 0. The number of nitrogens with zero attached hydrogens (tertiary/aromatic N) is 1. The first-order valence-corrected chi connectivity index (χ1v) is 8.39. The summed E-state index contributed by atoms with van der Waals surface area (Å²) in [4.78, 5) is 0. The molecule has 20 heavy (non-hydrogen) atoms. The molecule has 3 heteroatoms. The number of aromatic nitrogens is 1. The van der Waals surface area contributed by atoms with Crippen LogP contribution in [0.2, 0.25) is 0 Å². The van der Waals surface area contributed by atoms with E-state index in [0.29, 0.717) is 5.69 Å². The van der Waals surface area contributed by atoms with Crippen molar-refractivity contribution in [3.05, 3.63) is 17.8 Å². The van der Waals surface area contributed by atoms with Gasteiger partial charge in [-0.25, -0.2) is 4.39 Å². The van der Waals surface area contributed by atoms with Gasteiger partial charge in [0, 0.05) is 5.92 Å². The van der Waals surface area contributed by atoms with Crippen molar-refractivity contribution in [1.29, 1.82) is 0 Å². The Hall–Kier alpha value is -0.860. The molecule has 0 aliphatic heterocycles. The average Bonchev–Trinajstić information content (AvgIpc) is 2.87. The molecule has 0 N–H and O–H groups in total. The fraction of sp³-hybridized carbons (Fsp3) is 0.824. The third-order valence-electron chi connectivity index (χ3n) is 4.00. The Morgan fingerprint density at radius 2 is 1.50 bits per heavy atom. The number of hydrogen-bond acceptors (Lipinski definition) is 2. The Kier molecular flexibility index (Phi) is 9.35. The van der Waals surface area contributed by atoms with Gasteiger partial charge < -0.3 is 4.52 Å².